The number of hydrogen-bond donors (Lipinski definition) is 1. The smallest absolute Gasteiger partial charge is 0.327 e. The quantitative estimate of drug-likeness (QED) is 0.848. The third-order valence-electron chi connectivity index (χ3n) is 3.43. The van der Waals surface area contributed by atoms with Crippen LogP contribution in [0.2, 0.25) is 0 Å². The summed E-state index contributed by atoms with van der Waals surface area (Å²) >= 11 is 0.106. The number of rotatable bonds is 4. The zero-order valence-electron chi connectivity index (χ0n) is 10.3. The fourth-order valence-electron chi connectivity index (χ4n) is 2.18. The summed E-state index contributed by atoms with van der Waals surface area (Å²) in [6.45, 7) is 0.304. The zero-order chi connectivity index (χ0) is 14.5. The highest BCUT2D eigenvalue weighted by atomic mass is 32.2. The van der Waals surface area contributed by atoms with E-state index < -0.39 is 28.9 Å². The van der Waals surface area contributed by atoms with Gasteiger partial charge in [0.25, 0.3) is 6.43 Å². The molecule has 0 spiro atoms. The van der Waals surface area contributed by atoms with Crippen LogP contribution in [0, 0.1) is 5.92 Å². The van der Waals surface area contributed by atoms with Gasteiger partial charge in [-0.1, -0.05) is 0 Å². The van der Waals surface area contributed by atoms with E-state index >= 15 is 0 Å². The Bertz CT molecular complexity index is 531. The van der Waals surface area contributed by atoms with Crippen LogP contribution in [0.25, 0.3) is 0 Å². The molecule has 2 nitrogen and oxygen atoms in total. The zero-order valence-corrected chi connectivity index (χ0v) is 11.1. The molecule has 1 N–H and O–H groups in total. The van der Waals surface area contributed by atoms with Gasteiger partial charge >= 0.3 is 5.25 Å². The van der Waals surface area contributed by atoms with Gasteiger partial charge in [-0.05, 0) is 42.7 Å². The molecule has 110 valence electrons. The van der Waals surface area contributed by atoms with Gasteiger partial charge in [0.15, 0.2) is 6.10 Å². The Hall–Kier alpha value is -0.950. The number of ether oxygens (including phenoxy) is 1. The monoisotopic (exact) mass is 308 g/mol. The molecule has 0 amide bonds. The van der Waals surface area contributed by atoms with Crippen molar-refractivity contribution in [3.05, 3.63) is 23.3 Å². The first-order valence-electron chi connectivity index (χ1n) is 6.23. The Labute approximate surface area is 117 Å². The van der Waals surface area contributed by atoms with E-state index in [-0.39, 0.29) is 22.4 Å². The molecule has 2 aliphatic rings. The predicted octanol–water partition coefficient (Wildman–Crippen LogP) is 4.14. The van der Waals surface area contributed by atoms with E-state index in [4.69, 9.17) is 4.74 Å². The number of halogens is 4. The number of fused-ring (bicyclic) bond motifs is 1. The third kappa shape index (κ3) is 2.37. The molecule has 1 unspecified atom stereocenters. The van der Waals surface area contributed by atoms with Crippen molar-refractivity contribution in [3.63, 3.8) is 0 Å². The first-order chi connectivity index (χ1) is 9.40. The molecule has 1 heterocycles. The summed E-state index contributed by atoms with van der Waals surface area (Å²) in [5.74, 6) is 0.248. The topological polar surface area (TPSA) is 29.5 Å². The molecule has 0 saturated heterocycles. The summed E-state index contributed by atoms with van der Waals surface area (Å²) in [6, 6.07) is 2.59. The van der Waals surface area contributed by atoms with E-state index in [2.05, 4.69) is 0 Å². The molecule has 0 bridgehead atoms. The molecular formula is C13H12F4O2S. The first kappa shape index (κ1) is 14.0. The molecule has 0 aromatic heterocycles. The van der Waals surface area contributed by atoms with Crippen LogP contribution in [-0.2, 0) is 0 Å². The van der Waals surface area contributed by atoms with Crippen LogP contribution in [0.15, 0.2) is 17.0 Å². The van der Waals surface area contributed by atoms with Gasteiger partial charge in [0.2, 0.25) is 0 Å². The van der Waals surface area contributed by atoms with Crippen LogP contribution >= 0.6 is 11.8 Å². The Morgan fingerprint density at radius 3 is 2.65 bits per heavy atom. The Kier molecular flexibility index (Phi) is 3.36. The van der Waals surface area contributed by atoms with Gasteiger partial charge in [0.05, 0.1) is 12.2 Å². The van der Waals surface area contributed by atoms with Crippen LogP contribution < -0.4 is 4.74 Å². The lowest BCUT2D eigenvalue weighted by atomic mass is 10.0. The Morgan fingerprint density at radius 2 is 2.05 bits per heavy atom. The highest BCUT2D eigenvalue weighted by molar-refractivity contribution is 8.00. The molecule has 1 aliphatic carbocycles. The third-order valence-corrected chi connectivity index (χ3v) is 4.51. The summed E-state index contributed by atoms with van der Waals surface area (Å²) in [4.78, 5) is -0.0171. The fraction of sp³-hybridized carbons (Fsp3) is 0.538. The van der Waals surface area contributed by atoms with Crippen LogP contribution in [0.4, 0.5) is 17.6 Å². The van der Waals surface area contributed by atoms with Crippen LogP contribution in [0.1, 0.15) is 36.5 Å². The van der Waals surface area contributed by atoms with E-state index in [0.29, 0.717) is 12.5 Å². The summed E-state index contributed by atoms with van der Waals surface area (Å²) < 4.78 is 58.6. The lowest BCUT2D eigenvalue weighted by Gasteiger charge is -2.17. The molecule has 1 aliphatic heterocycles. The number of aliphatic hydroxyl groups excluding tert-OH is 1. The van der Waals surface area contributed by atoms with Gasteiger partial charge < -0.3 is 9.84 Å². The molecule has 0 radical (unpaired) electrons. The highest BCUT2D eigenvalue weighted by Crippen LogP contribution is 2.57. The number of aliphatic hydroxyl groups is 1. The van der Waals surface area contributed by atoms with E-state index in [1.54, 1.807) is 0 Å². The molecule has 20 heavy (non-hydrogen) atoms. The second-order valence-electron chi connectivity index (χ2n) is 5.01. The van der Waals surface area contributed by atoms with Crippen molar-refractivity contribution in [1.82, 2.24) is 0 Å². The van der Waals surface area contributed by atoms with Gasteiger partial charge in [-0.2, -0.15) is 8.78 Å². The number of benzene rings is 1. The van der Waals surface area contributed by atoms with Crippen molar-refractivity contribution in [2.45, 2.75) is 35.5 Å². The number of hydrogen-bond acceptors (Lipinski definition) is 3. The van der Waals surface area contributed by atoms with Crippen LogP contribution in [0.5, 0.6) is 5.75 Å². The standard InChI is InChI=1S/C13H12F4O2S/c14-12(15)9-7(19-5-6-1-2-6)3-4-8-10(9)11(18)13(16,17)20-8/h3-4,6,11-12,18H,1-2,5H2. The number of thioether (sulfide) groups is 1. The van der Waals surface area contributed by atoms with Gasteiger partial charge in [-0.3, -0.25) is 0 Å². The summed E-state index contributed by atoms with van der Waals surface area (Å²) in [5, 5.41) is 6.11. The molecule has 1 fully saturated rings. The van der Waals surface area contributed by atoms with Gasteiger partial charge in [-0.15, -0.1) is 0 Å². The SMILES string of the molecule is OC1c2c(ccc(OCC3CC3)c2C(F)F)SC1(F)F. The molecule has 3 rings (SSSR count). The predicted molar refractivity (Wildman–Crippen MR) is 65.4 cm³/mol. The van der Waals surface area contributed by atoms with E-state index in [1.165, 1.54) is 12.1 Å². The van der Waals surface area contributed by atoms with E-state index in [9.17, 15) is 22.7 Å². The average molecular weight is 308 g/mol. The minimum Gasteiger partial charge on any atom is -0.493 e. The van der Waals surface area contributed by atoms with E-state index in [1.807, 2.05) is 0 Å². The van der Waals surface area contributed by atoms with E-state index in [0.717, 1.165) is 12.8 Å². The van der Waals surface area contributed by atoms with Crippen molar-refractivity contribution < 1.29 is 27.4 Å². The van der Waals surface area contributed by atoms with Crippen molar-refractivity contribution in [2.24, 2.45) is 5.92 Å². The van der Waals surface area contributed by atoms with Crippen LogP contribution in [0.3, 0.4) is 0 Å². The second kappa shape index (κ2) is 4.80. The van der Waals surface area contributed by atoms with Gasteiger partial charge in [0, 0.05) is 10.5 Å². The van der Waals surface area contributed by atoms with Crippen molar-refractivity contribution >= 4 is 11.8 Å². The molecular weight excluding hydrogens is 296 g/mol. The maximum absolute atomic E-state index is 13.5. The lowest BCUT2D eigenvalue weighted by molar-refractivity contribution is -0.0328. The van der Waals surface area contributed by atoms with Crippen molar-refractivity contribution in [1.29, 1.82) is 0 Å². The minimum atomic E-state index is -3.49. The summed E-state index contributed by atoms with van der Waals surface area (Å²) in [5.41, 5.74) is -1.01. The van der Waals surface area contributed by atoms with Gasteiger partial charge in [-0.25, -0.2) is 8.78 Å². The average Bonchev–Trinajstić information content (AvgIpc) is 3.15. The molecule has 1 aromatic carbocycles. The lowest BCUT2D eigenvalue weighted by Crippen LogP contribution is -2.17. The highest BCUT2D eigenvalue weighted by Gasteiger charge is 2.50. The Morgan fingerprint density at radius 1 is 1.35 bits per heavy atom. The maximum Gasteiger partial charge on any atom is 0.327 e. The fourth-order valence-corrected chi connectivity index (χ4v) is 3.17. The molecule has 1 aromatic rings. The molecule has 7 heteroatoms. The Balaban J connectivity index is 1.99. The molecule has 1 saturated carbocycles. The summed E-state index contributed by atoms with van der Waals surface area (Å²) in [6.07, 6.45) is -3.21. The summed E-state index contributed by atoms with van der Waals surface area (Å²) in [7, 11) is 0. The van der Waals surface area contributed by atoms with Gasteiger partial charge in [0.1, 0.15) is 5.75 Å². The minimum absolute atomic E-state index is 0.0171. The maximum atomic E-state index is 13.5. The molecule has 1 atom stereocenters. The first-order valence-corrected chi connectivity index (χ1v) is 7.04. The number of alkyl halides is 4. The van der Waals surface area contributed by atoms with Crippen LogP contribution in [-0.4, -0.2) is 17.0 Å². The van der Waals surface area contributed by atoms with Crippen molar-refractivity contribution in [3.8, 4) is 5.75 Å². The second-order valence-corrected chi connectivity index (χ2v) is 6.20. The normalized spacial score (nSPS) is 24.0. The largest absolute Gasteiger partial charge is 0.493 e. The van der Waals surface area contributed by atoms with Crippen molar-refractivity contribution in [2.75, 3.05) is 6.61 Å².